The SMILES string of the molecule is COc1cccc(C(C)C(=O)N2CC[C@@H]3CNC[C@@H]3CC2)c1.Cl. The third-order valence-electron chi connectivity index (χ3n) is 5.30. The third-order valence-corrected chi connectivity index (χ3v) is 5.30. The monoisotopic (exact) mass is 338 g/mol. The van der Waals surface area contributed by atoms with Gasteiger partial charge < -0.3 is 15.0 Å². The number of nitrogens with zero attached hydrogens (tertiary/aromatic N) is 1. The van der Waals surface area contributed by atoms with Crippen LogP contribution in [0.15, 0.2) is 24.3 Å². The summed E-state index contributed by atoms with van der Waals surface area (Å²) in [6.07, 6.45) is 2.27. The number of carbonyl (C=O) groups is 1. The zero-order chi connectivity index (χ0) is 15.5. The summed E-state index contributed by atoms with van der Waals surface area (Å²) >= 11 is 0. The van der Waals surface area contributed by atoms with Gasteiger partial charge in [0.1, 0.15) is 5.75 Å². The number of hydrogen-bond donors (Lipinski definition) is 1. The molecule has 2 heterocycles. The molecule has 23 heavy (non-hydrogen) atoms. The van der Waals surface area contributed by atoms with Crippen LogP contribution in [-0.2, 0) is 4.79 Å². The van der Waals surface area contributed by atoms with Crippen LogP contribution < -0.4 is 10.1 Å². The Morgan fingerprint density at radius 2 is 1.91 bits per heavy atom. The molecule has 128 valence electrons. The fourth-order valence-corrected chi connectivity index (χ4v) is 3.77. The van der Waals surface area contributed by atoms with E-state index in [0.717, 1.165) is 62.2 Å². The molecule has 1 aromatic rings. The van der Waals surface area contributed by atoms with Gasteiger partial charge in [-0.15, -0.1) is 12.4 Å². The van der Waals surface area contributed by atoms with Crippen LogP contribution in [0.5, 0.6) is 5.75 Å². The Kier molecular flexibility index (Phi) is 6.31. The number of halogens is 1. The second-order valence-electron chi connectivity index (χ2n) is 6.58. The van der Waals surface area contributed by atoms with Gasteiger partial charge >= 0.3 is 0 Å². The highest BCUT2D eigenvalue weighted by Crippen LogP contribution is 2.29. The molecular formula is C18H27ClN2O2. The number of ether oxygens (including phenoxy) is 1. The summed E-state index contributed by atoms with van der Waals surface area (Å²) in [5, 5.41) is 3.48. The highest BCUT2D eigenvalue weighted by Gasteiger charge is 2.32. The lowest BCUT2D eigenvalue weighted by Gasteiger charge is -2.25. The second-order valence-corrected chi connectivity index (χ2v) is 6.58. The zero-order valence-electron chi connectivity index (χ0n) is 14.0. The van der Waals surface area contributed by atoms with E-state index in [-0.39, 0.29) is 24.2 Å². The van der Waals surface area contributed by atoms with Crippen molar-refractivity contribution in [3.8, 4) is 5.75 Å². The van der Waals surface area contributed by atoms with Crippen LogP contribution in [0.25, 0.3) is 0 Å². The van der Waals surface area contributed by atoms with Crippen LogP contribution in [0.4, 0.5) is 0 Å². The molecule has 1 N–H and O–H groups in total. The number of benzene rings is 1. The highest BCUT2D eigenvalue weighted by atomic mass is 35.5. The van der Waals surface area contributed by atoms with Gasteiger partial charge in [-0.1, -0.05) is 12.1 Å². The summed E-state index contributed by atoms with van der Waals surface area (Å²) in [5.74, 6) is 2.47. The predicted molar refractivity (Wildman–Crippen MR) is 94.3 cm³/mol. The standard InChI is InChI=1S/C18H26N2O2.ClH/c1-13(14-4-3-5-17(10-14)22-2)18(21)20-8-6-15-11-19-12-16(15)7-9-20;/h3-5,10,13,15-16,19H,6-9,11-12H2,1-2H3;1H/t13?,15-,16+;. The molecule has 4 nitrogen and oxygen atoms in total. The largest absolute Gasteiger partial charge is 0.497 e. The van der Waals surface area contributed by atoms with E-state index in [4.69, 9.17) is 4.74 Å². The number of carbonyl (C=O) groups excluding carboxylic acids is 1. The minimum absolute atomic E-state index is 0. The predicted octanol–water partition coefficient (Wildman–Crippen LogP) is 2.68. The van der Waals surface area contributed by atoms with Crippen molar-refractivity contribution < 1.29 is 9.53 Å². The lowest BCUT2D eigenvalue weighted by molar-refractivity contribution is -0.132. The molecule has 0 bridgehead atoms. The van der Waals surface area contributed by atoms with E-state index in [0.29, 0.717) is 0 Å². The van der Waals surface area contributed by atoms with Crippen molar-refractivity contribution in [3.05, 3.63) is 29.8 Å². The molecule has 0 aliphatic carbocycles. The molecule has 3 atom stereocenters. The maximum Gasteiger partial charge on any atom is 0.229 e. The van der Waals surface area contributed by atoms with Gasteiger partial charge in [0.25, 0.3) is 0 Å². The van der Waals surface area contributed by atoms with E-state index in [1.165, 1.54) is 0 Å². The topological polar surface area (TPSA) is 41.6 Å². The molecule has 3 rings (SSSR count). The zero-order valence-corrected chi connectivity index (χ0v) is 14.8. The fraction of sp³-hybridized carbons (Fsp3) is 0.611. The van der Waals surface area contributed by atoms with Crippen molar-refractivity contribution in [1.82, 2.24) is 10.2 Å². The molecule has 0 spiro atoms. The van der Waals surface area contributed by atoms with E-state index in [1.807, 2.05) is 31.2 Å². The Balaban J connectivity index is 0.00000192. The average Bonchev–Trinajstić information content (AvgIpc) is 2.92. The van der Waals surface area contributed by atoms with Crippen LogP contribution in [-0.4, -0.2) is 44.1 Å². The van der Waals surface area contributed by atoms with Crippen LogP contribution in [0.2, 0.25) is 0 Å². The molecule has 2 aliphatic rings. The Morgan fingerprint density at radius 3 is 2.52 bits per heavy atom. The van der Waals surface area contributed by atoms with E-state index < -0.39 is 0 Å². The summed E-state index contributed by atoms with van der Waals surface area (Å²) in [6, 6.07) is 7.86. The molecule has 1 unspecified atom stereocenters. The van der Waals surface area contributed by atoms with Gasteiger partial charge in [0.15, 0.2) is 0 Å². The van der Waals surface area contributed by atoms with Crippen molar-refractivity contribution >= 4 is 18.3 Å². The molecule has 2 fully saturated rings. The van der Waals surface area contributed by atoms with Crippen LogP contribution in [0.1, 0.15) is 31.2 Å². The van der Waals surface area contributed by atoms with Crippen LogP contribution >= 0.6 is 12.4 Å². The van der Waals surface area contributed by atoms with Crippen molar-refractivity contribution in [3.63, 3.8) is 0 Å². The third kappa shape index (κ3) is 3.99. The van der Waals surface area contributed by atoms with Gasteiger partial charge in [-0.05, 0) is 62.4 Å². The Bertz CT molecular complexity index is 524. The average molecular weight is 339 g/mol. The lowest BCUT2D eigenvalue weighted by atomic mass is 9.92. The van der Waals surface area contributed by atoms with Gasteiger partial charge in [-0.25, -0.2) is 0 Å². The van der Waals surface area contributed by atoms with Gasteiger partial charge in [0, 0.05) is 13.1 Å². The van der Waals surface area contributed by atoms with Gasteiger partial charge in [0.05, 0.1) is 13.0 Å². The summed E-state index contributed by atoms with van der Waals surface area (Å²) in [4.78, 5) is 14.9. The summed E-state index contributed by atoms with van der Waals surface area (Å²) < 4.78 is 5.27. The first-order chi connectivity index (χ1) is 10.7. The van der Waals surface area contributed by atoms with Crippen molar-refractivity contribution in [1.29, 1.82) is 0 Å². The number of amides is 1. The quantitative estimate of drug-likeness (QED) is 0.921. The number of methoxy groups -OCH3 is 1. The first-order valence-corrected chi connectivity index (χ1v) is 8.32. The normalized spacial score (nSPS) is 25.0. The summed E-state index contributed by atoms with van der Waals surface area (Å²) in [6.45, 7) is 6.05. The molecule has 5 heteroatoms. The smallest absolute Gasteiger partial charge is 0.229 e. The summed E-state index contributed by atoms with van der Waals surface area (Å²) in [7, 11) is 1.66. The first kappa shape index (κ1) is 18.1. The molecule has 1 amide bonds. The number of fused-ring (bicyclic) bond motifs is 1. The molecule has 1 aromatic carbocycles. The Hall–Kier alpha value is -1.26. The molecule has 0 aromatic heterocycles. The van der Waals surface area contributed by atoms with E-state index >= 15 is 0 Å². The number of rotatable bonds is 3. The lowest BCUT2D eigenvalue weighted by Crippen LogP contribution is -2.35. The van der Waals surface area contributed by atoms with E-state index in [2.05, 4.69) is 10.2 Å². The second kappa shape index (κ2) is 8.02. The number of nitrogens with one attached hydrogen (secondary N) is 1. The minimum Gasteiger partial charge on any atom is -0.497 e. The number of hydrogen-bond acceptors (Lipinski definition) is 3. The van der Waals surface area contributed by atoms with E-state index in [1.54, 1.807) is 7.11 Å². The van der Waals surface area contributed by atoms with Gasteiger partial charge in [-0.3, -0.25) is 4.79 Å². The van der Waals surface area contributed by atoms with Gasteiger partial charge in [0.2, 0.25) is 5.91 Å². The maximum absolute atomic E-state index is 12.8. The Labute approximate surface area is 145 Å². The molecule has 0 radical (unpaired) electrons. The first-order valence-electron chi connectivity index (χ1n) is 8.32. The molecule has 0 saturated carbocycles. The summed E-state index contributed by atoms with van der Waals surface area (Å²) in [5.41, 5.74) is 1.04. The minimum atomic E-state index is -0.105. The molecular weight excluding hydrogens is 312 g/mol. The van der Waals surface area contributed by atoms with Crippen LogP contribution in [0.3, 0.4) is 0 Å². The highest BCUT2D eigenvalue weighted by molar-refractivity contribution is 5.85. The molecule has 2 saturated heterocycles. The maximum atomic E-state index is 12.8. The fourth-order valence-electron chi connectivity index (χ4n) is 3.77. The van der Waals surface area contributed by atoms with Crippen molar-refractivity contribution in [2.45, 2.75) is 25.7 Å². The van der Waals surface area contributed by atoms with Crippen molar-refractivity contribution in [2.24, 2.45) is 11.8 Å². The van der Waals surface area contributed by atoms with Crippen molar-refractivity contribution in [2.75, 3.05) is 33.3 Å². The van der Waals surface area contributed by atoms with Crippen LogP contribution in [0, 0.1) is 11.8 Å². The van der Waals surface area contributed by atoms with Gasteiger partial charge in [-0.2, -0.15) is 0 Å². The Morgan fingerprint density at radius 1 is 1.26 bits per heavy atom. The molecule has 2 aliphatic heterocycles. The number of likely N-dealkylation sites (tertiary alicyclic amines) is 1. The van der Waals surface area contributed by atoms with E-state index in [9.17, 15) is 4.79 Å².